The second kappa shape index (κ2) is 6.89. The van der Waals surface area contributed by atoms with E-state index in [-0.39, 0.29) is 5.97 Å². The van der Waals surface area contributed by atoms with Gasteiger partial charge in [0.25, 0.3) is 0 Å². The fraction of sp³-hybridized carbons (Fsp3) is 0.900. The summed E-state index contributed by atoms with van der Waals surface area (Å²) >= 11 is 0. The number of nitrogens with zero attached hydrogens (tertiary/aromatic N) is 1. The highest BCUT2D eigenvalue weighted by Gasteiger charge is 2.11. The molecule has 0 spiro atoms. The number of carbonyl (C=O) groups is 1. The third-order valence-corrected chi connectivity index (χ3v) is 2.19. The Labute approximate surface area is 81.1 Å². The van der Waals surface area contributed by atoms with Crippen LogP contribution in [0, 0.1) is 0 Å². The first-order valence-electron chi connectivity index (χ1n) is 4.93. The van der Waals surface area contributed by atoms with Crippen LogP contribution in [0.15, 0.2) is 0 Å². The molecule has 0 aromatic heterocycles. The monoisotopic (exact) mass is 187 g/mol. The van der Waals surface area contributed by atoms with E-state index in [4.69, 9.17) is 4.74 Å². The molecule has 13 heavy (non-hydrogen) atoms. The van der Waals surface area contributed by atoms with E-state index in [0.29, 0.717) is 19.1 Å². The normalized spacial score (nSPS) is 13.0. The van der Waals surface area contributed by atoms with E-state index >= 15 is 0 Å². The summed E-state index contributed by atoms with van der Waals surface area (Å²) in [7, 11) is 4.08. The Kier molecular flexibility index (Phi) is 6.59. The molecule has 0 aromatic rings. The first kappa shape index (κ1) is 12.4. The van der Waals surface area contributed by atoms with Crippen molar-refractivity contribution in [3.63, 3.8) is 0 Å². The average Bonchev–Trinajstić information content (AvgIpc) is 2.05. The zero-order valence-electron chi connectivity index (χ0n) is 9.17. The fourth-order valence-corrected chi connectivity index (χ4v) is 1.35. The molecule has 0 aliphatic heterocycles. The van der Waals surface area contributed by atoms with Gasteiger partial charge in [-0.15, -0.1) is 0 Å². The Hall–Kier alpha value is -0.570. The average molecular weight is 187 g/mol. The van der Waals surface area contributed by atoms with E-state index in [1.165, 1.54) is 0 Å². The van der Waals surface area contributed by atoms with Crippen molar-refractivity contribution in [3.05, 3.63) is 0 Å². The van der Waals surface area contributed by atoms with E-state index in [1.54, 1.807) is 0 Å². The minimum absolute atomic E-state index is 0.0807. The van der Waals surface area contributed by atoms with Gasteiger partial charge in [0.05, 0.1) is 6.61 Å². The molecule has 0 fully saturated rings. The Balaban J connectivity index is 3.65. The number of rotatable bonds is 6. The van der Waals surface area contributed by atoms with Gasteiger partial charge in [-0.25, -0.2) is 0 Å². The minimum Gasteiger partial charge on any atom is -0.466 e. The zero-order chi connectivity index (χ0) is 10.3. The summed E-state index contributed by atoms with van der Waals surface area (Å²) < 4.78 is 4.86. The minimum atomic E-state index is -0.0807. The molecular formula is C10H21NO2. The second-order valence-corrected chi connectivity index (χ2v) is 3.37. The van der Waals surface area contributed by atoms with Gasteiger partial charge in [-0.05, 0) is 33.9 Å². The Morgan fingerprint density at radius 3 is 2.38 bits per heavy atom. The third-order valence-electron chi connectivity index (χ3n) is 2.19. The molecule has 1 atom stereocenters. The topological polar surface area (TPSA) is 29.5 Å². The number of hydrogen-bond acceptors (Lipinski definition) is 3. The van der Waals surface area contributed by atoms with Crippen LogP contribution in [0.3, 0.4) is 0 Å². The van der Waals surface area contributed by atoms with Crippen LogP contribution < -0.4 is 0 Å². The lowest BCUT2D eigenvalue weighted by Crippen LogP contribution is -2.27. The highest BCUT2D eigenvalue weighted by Crippen LogP contribution is 2.07. The Bertz CT molecular complexity index is 146. The molecule has 0 N–H and O–H groups in total. The summed E-state index contributed by atoms with van der Waals surface area (Å²) in [6.07, 6.45) is 2.50. The molecule has 0 heterocycles. The third kappa shape index (κ3) is 5.64. The predicted octanol–water partition coefficient (Wildman–Crippen LogP) is 1.67. The van der Waals surface area contributed by atoms with Crippen LogP contribution in [-0.4, -0.2) is 37.6 Å². The summed E-state index contributed by atoms with van der Waals surface area (Å²) in [5, 5.41) is 0. The second-order valence-electron chi connectivity index (χ2n) is 3.37. The quantitative estimate of drug-likeness (QED) is 0.592. The molecule has 0 saturated carbocycles. The lowest BCUT2D eigenvalue weighted by Gasteiger charge is -2.22. The maximum Gasteiger partial charge on any atom is 0.305 e. The highest BCUT2D eigenvalue weighted by molar-refractivity contribution is 5.69. The van der Waals surface area contributed by atoms with Gasteiger partial charge >= 0.3 is 5.97 Å². The molecular weight excluding hydrogens is 166 g/mol. The van der Waals surface area contributed by atoms with E-state index in [9.17, 15) is 4.79 Å². The van der Waals surface area contributed by atoms with Crippen molar-refractivity contribution >= 4 is 5.97 Å². The van der Waals surface area contributed by atoms with Gasteiger partial charge in [-0.3, -0.25) is 4.79 Å². The SMILES string of the molecule is CCOC(=O)CCC(CC)N(C)C. The van der Waals surface area contributed by atoms with Crippen LogP contribution in [-0.2, 0) is 9.53 Å². The first-order valence-corrected chi connectivity index (χ1v) is 4.93. The van der Waals surface area contributed by atoms with Gasteiger partial charge in [0.15, 0.2) is 0 Å². The van der Waals surface area contributed by atoms with Crippen LogP contribution in [0.2, 0.25) is 0 Å². The van der Waals surface area contributed by atoms with E-state index in [1.807, 2.05) is 21.0 Å². The van der Waals surface area contributed by atoms with Crippen molar-refractivity contribution in [3.8, 4) is 0 Å². The zero-order valence-corrected chi connectivity index (χ0v) is 9.17. The van der Waals surface area contributed by atoms with Crippen molar-refractivity contribution in [1.29, 1.82) is 0 Å². The molecule has 0 radical (unpaired) electrons. The maximum absolute atomic E-state index is 11.0. The smallest absolute Gasteiger partial charge is 0.305 e. The predicted molar refractivity (Wildman–Crippen MR) is 53.6 cm³/mol. The molecule has 0 saturated heterocycles. The molecule has 1 unspecified atom stereocenters. The lowest BCUT2D eigenvalue weighted by atomic mass is 10.1. The summed E-state index contributed by atoms with van der Waals surface area (Å²) in [4.78, 5) is 13.2. The van der Waals surface area contributed by atoms with Crippen LogP contribution in [0.1, 0.15) is 33.1 Å². The molecule has 0 aliphatic carbocycles. The molecule has 0 aliphatic rings. The first-order chi connectivity index (χ1) is 6.11. The van der Waals surface area contributed by atoms with Gasteiger partial charge in [-0.1, -0.05) is 6.92 Å². The van der Waals surface area contributed by atoms with Gasteiger partial charge in [-0.2, -0.15) is 0 Å². The van der Waals surface area contributed by atoms with E-state index in [0.717, 1.165) is 12.8 Å². The van der Waals surface area contributed by atoms with Crippen molar-refractivity contribution in [2.75, 3.05) is 20.7 Å². The molecule has 3 nitrogen and oxygen atoms in total. The summed E-state index contributed by atoms with van der Waals surface area (Å²) in [6, 6.07) is 0.490. The van der Waals surface area contributed by atoms with Crippen molar-refractivity contribution in [1.82, 2.24) is 4.90 Å². The van der Waals surface area contributed by atoms with E-state index in [2.05, 4.69) is 11.8 Å². The molecule has 3 heteroatoms. The number of esters is 1. The van der Waals surface area contributed by atoms with Gasteiger partial charge in [0.1, 0.15) is 0 Å². The number of hydrogen-bond donors (Lipinski definition) is 0. The number of carbonyl (C=O) groups excluding carboxylic acids is 1. The number of ether oxygens (including phenoxy) is 1. The van der Waals surface area contributed by atoms with Crippen LogP contribution >= 0.6 is 0 Å². The Morgan fingerprint density at radius 2 is 2.00 bits per heavy atom. The van der Waals surface area contributed by atoms with Gasteiger partial charge in [0.2, 0.25) is 0 Å². The summed E-state index contributed by atoms with van der Waals surface area (Å²) in [6.45, 7) is 4.45. The van der Waals surface area contributed by atoms with Crippen molar-refractivity contribution in [2.24, 2.45) is 0 Å². The Morgan fingerprint density at radius 1 is 1.38 bits per heavy atom. The van der Waals surface area contributed by atoms with Gasteiger partial charge in [0, 0.05) is 12.5 Å². The van der Waals surface area contributed by atoms with Crippen LogP contribution in [0.25, 0.3) is 0 Å². The van der Waals surface area contributed by atoms with Crippen molar-refractivity contribution in [2.45, 2.75) is 39.2 Å². The summed E-state index contributed by atoms with van der Waals surface area (Å²) in [5.41, 5.74) is 0. The molecule has 0 rings (SSSR count). The molecule has 78 valence electrons. The fourth-order valence-electron chi connectivity index (χ4n) is 1.35. The molecule has 0 aromatic carbocycles. The van der Waals surface area contributed by atoms with Crippen molar-refractivity contribution < 1.29 is 9.53 Å². The standard InChI is InChI=1S/C10H21NO2/c1-5-9(11(3)4)7-8-10(12)13-6-2/h9H,5-8H2,1-4H3. The van der Waals surface area contributed by atoms with Crippen LogP contribution in [0.4, 0.5) is 0 Å². The molecule has 0 amide bonds. The lowest BCUT2D eigenvalue weighted by molar-refractivity contribution is -0.143. The largest absolute Gasteiger partial charge is 0.466 e. The van der Waals surface area contributed by atoms with E-state index < -0.39 is 0 Å². The highest BCUT2D eigenvalue weighted by atomic mass is 16.5. The van der Waals surface area contributed by atoms with Gasteiger partial charge < -0.3 is 9.64 Å². The summed E-state index contributed by atoms with van der Waals surface area (Å²) in [5.74, 6) is -0.0807. The molecule has 0 bridgehead atoms. The maximum atomic E-state index is 11.0. The van der Waals surface area contributed by atoms with Crippen LogP contribution in [0.5, 0.6) is 0 Å².